The van der Waals surface area contributed by atoms with E-state index in [9.17, 15) is 4.79 Å². The Kier molecular flexibility index (Phi) is 3.67. The molecule has 0 unspecified atom stereocenters. The van der Waals surface area contributed by atoms with Crippen molar-refractivity contribution >= 4 is 23.2 Å². The van der Waals surface area contributed by atoms with Gasteiger partial charge in [0.1, 0.15) is 0 Å². The van der Waals surface area contributed by atoms with Crippen molar-refractivity contribution in [3.05, 3.63) is 28.8 Å². The minimum atomic E-state index is 0.0775. The zero-order valence-electron chi connectivity index (χ0n) is 11.3. The number of carbonyl (C=O) groups is 1. The lowest BCUT2D eigenvalue weighted by molar-refractivity contribution is -0.119. The van der Waals surface area contributed by atoms with E-state index in [1.54, 1.807) is 0 Å². The monoisotopic (exact) mass is 265 g/mol. The number of rotatable bonds is 1. The second-order valence-electron chi connectivity index (χ2n) is 5.92. The van der Waals surface area contributed by atoms with Crippen molar-refractivity contribution in [2.45, 2.75) is 45.4 Å². The zero-order chi connectivity index (χ0) is 13.3. The van der Waals surface area contributed by atoms with Crippen LogP contribution in [0.2, 0.25) is 5.02 Å². The summed E-state index contributed by atoms with van der Waals surface area (Å²) in [5, 5.41) is 0.678. The molecular formula is C15H20ClNO. The third-order valence-electron chi connectivity index (χ3n) is 3.43. The summed E-state index contributed by atoms with van der Waals surface area (Å²) in [6.07, 6.45) is 2.69. The van der Waals surface area contributed by atoms with Gasteiger partial charge in [-0.3, -0.25) is 4.79 Å². The van der Waals surface area contributed by atoms with Gasteiger partial charge in [-0.2, -0.15) is 0 Å². The number of piperidine rings is 1. The van der Waals surface area contributed by atoms with Crippen LogP contribution in [0.4, 0.5) is 5.69 Å². The summed E-state index contributed by atoms with van der Waals surface area (Å²) in [5.74, 6) is 0.187. The highest BCUT2D eigenvalue weighted by molar-refractivity contribution is 6.33. The summed E-state index contributed by atoms with van der Waals surface area (Å²) >= 11 is 6.34. The van der Waals surface area contributed by atoms with Crippen LogP contribution < -0.4 is 4.90 Å². The number of hydrogen-bond acceptors (Lipinski definition) is 1. The van der Waals surface area contributed by atoms with E-state index >= 15 is 0 Å². The zero-order valence-corrected chi connectivity index (χ0v) is 12.0. The van der Waals surface area contributed by atoms with Gasteiger partial charge >= 0.3 is 0 Å². The van der Waals surface area contributed by atoms with Gasteiger partial charge in [-0.1, -0.05) is 38.4 Å². The molecule has 18 heavy (non-hydrogen) atoms. The van der Waals surface area contributed by atoms with Crippen molar-refractivity contribution in [1.29, 1.82) is 0 Å². The van der Waals surface area contributed by atoms with E-state index < -0.39 is 0 Å². The van der Waals surface area contributed by atoms with Crippen LogP contribution in [0.25, 0.3) is 0 Å². The second-order valence-corrected chi connectivity index (χ2v) is 6.33. The first-order chi connectivity index (χ1) is 8.39. The van der Waals surface area contributed by atoms with Crippen LogP contribution in [0.1, 0.15) is 45.6 Å². The predicted molar refractivity (Wildman–Crippen MR) is 76.4 cm³/mol. The average molecular weight is 266 g/mol. The molecule has 0 atom stereocenters. The molecule has 98 valence electrons. The van der Waals surface area contributed by atoms with Crippen molar-refractivity contribution < 1.29 is 4.79 Å². The molecule has 2 rings (SSSR count). The Labute approximate surface area is 114 Å². The standard InChI is InChI=1S/C15H20ClNO/c1-15(2,3)11-7-8-13(12(16)10-11)17-9-5-4-6-14(17)18/h7-8,10H,4-6,9H2,1-3H3. The second kappa shape index (κ2) is 4.93. The van der Waals surface area contributed by atoms with E-state index in [2.05, 4.69) is 26.8 Å². The van der Waals surface area contributed by atoms with E-state index in [4.69, 9.17) is 11.6 Å². The molecule has 0 spiro atoms. The highest BCUT2D eigenvalue weighted by Gasteiger charge is 2.23. The summed E-state index contributed by atoms with van der Waals surface area (Å²) in [4.78, 5) is 13.7. The molecule has 1 amide bonds. The van der Waals surface area contributed by atoms with E-state index in [1.807, 2.05) is 17.0 Å². The number of amides is 1. The molecule has 0 bridgehead atoms. The quantitative estimate of drug-likeness (QED) is 0.747. The molecular weight excluding hydrogens is 246 g/mol. The third-order valence-corrected chi connectivity index (χ3v) is 3.73. The van der Waals surface area contributed by atoms with Crippen molar-refractivity contribution in [2.75, 3.05) is 11.4 Å². The number of hydrogen-bond donors (Lipinski definition) is 0. The Morgan fingerprint density at radius 2 is 1.94 bits per heavy atom. The van der Waals surface area contributed by atoms with Crippen molar-refractivity contribution in [1.82, 2.24) is 0 Å². The highest BCUT2D eigenvalue weighted by atomic mass is 35.5. The molecule has 1 aromatic rings. The first-order valence-corrected chi connectivity index (χ1v) is 6.88. The van der Waals surface area contributed by atoms with Gasteiger partial charge in [-0.05, 0) is 36.0 Å². The number of nitrogens with zero attached hydrogens (tertiary/aromatic N) is 1. The molecule has 0 aromatic heterocycles. The fourth-order valence-electron chi connectivity index (χ4n) is 2.25. The molecule has 2 nitrogen and oxygen atoms in total. The molecule has 0 radical (unpaired) electrons. The minimum absolute atomic E-state index is 0.0775. The van der Waals surface area contributed by atoms with Gasteiger partial charge in [0.15, 0.2) is 0 Å². The molecule has 1 heterocycles. The van der Waals surface area contributed by atoms with Crippen LogP contribution in [-0.2, 0) is 10.2 Å². The Morgan fingerprint density at radius 3 is 2.50 bits per heavy atom. The van der Waals surface area contributed by atoms with Gasteiger partial charge in [0.2, 0.25) is 5.91 Å². The Bertz CT molecular complexity index is 462. The maximum Gasteiger partial charge on any atom is 0.227 e. The Morgan fingerprint density at radius 1 is 1.22 bits per heavy atom. The molecule has 0 N–H and O–H groups in total. The first kappa shape index (κ1) is 13.4. The number of carbonyl (C=O) groups excluding carboxylic acids is 1. The molecule has 1 aliphatic heterocycles. The lowest BCUT2D eigenvalue weighted by Crippen LogP contribution is -2.35. The SMILES string of the molecule is CC(C)(C)c1ccc(N2CCCCC2=O)c(Cl)c1. The summed E-state index contributed by atoms with van der Waals surface area (Å²) in [7, 11) is 0. The van der Waals surface area contributed by atoms with Crippen LogP contribution in [-0.4, -0.2) is 12.5 Å². The fraction of sp³-hybridized carbons (Fsp3) is 0.533. The first-order valence-electron chi connectivity index (χ1n) is 6.50. The lowest BCUT2D eigenvalue weighted by atomic mass is 9.87. The molecule has 1 saturated heterocycles. The molecule has 1 aromatic carbocycles. The molecule has 1 fully saturated rings. The third kappa shape index (κ3) is 2.69. The van der Waals surface area contributed by atoms with Gasteiger partial charge in [0, 0.05) is 13.0 Å². The van der Waals surface area contributed by atoms with Gasteiger partial charge in [-0.25, -0.2) is 0 Å². The van der Waals surface area contributed by atoms with E-state index in [0.29, 0.717) is 11.4 Å². The molecule has 3 heteroatoms. The van der Waals surface area contributed by atoms with Gasteiger partial charge < -0.3 is 4.90 Å². The largest absolute Gasteiger partial charge is 0.311 e. The number of halogens is 1. The lowest BCUT2D eigenvalue weighted by Gasteiger charge is -2.28. The Balaban J connectivity index is 2.32. The van der Waals surface area contributed by atoms with Crippen LogP contribution >= 0.6 is 11.6 Å². The minimum Gasteiger partial charge on any atom is -0.311 e. The van der Waals surface area contributed by atoms with Crippen molar-refractivity contribution in [2.24, 2.45) is 0 Å². The number of anilines is 1. The Hall–Kier alpha value is -1.02. The maximum absolute atomic E-state index is 11.9. The normalized spacial score (nSPS) is 17.1. The molecule has 1 aliphatic rings. The van der Waals surface area contributed by atoms with E-state index in [1.165, 1.54) is 5.56 Å². The van der Waals surface area contributed by atoms with Gasteiger partial charge in [0.05, 0.1) is 10.7 Å². The van der Waals surface area contributed by atoms with E-state index in [0.717, 1.165) is 25.1 Å². The highest BCUT2D eigenvalue weighted by Crippen LogP contribution is 2.33. The van der Waals surface area contributed by atoms with Crippen LogP contribution in [0, 0.1) is 0 Å². The fourth-order valence-corrected chi connectivity index (χ4v) is 2.54. The summed E-state index contributed by atoms with van der Waals surface area (Å²) in [6.45, 7) is 7.26. The smallest absolute Gasteiger partial charge is 0.227 e. The van der Waals surface area contributed by atoms with Crippen molar-refractivity contribution in [3.63, 3.8) is 0 Å². The van der Waals surface area contributed by atoms with Crippen LogP contribution in [0.15, 0.2) is 18.2 Å². The van der Waals surface area contributed by atoms with Crippen molar-refractivity contribution in [3.8, 4) is 0 Å². The van der Waals surface area contributed by atoms with Crippen LogP contribution in [0.5, 0.6) is 0 Å². The number of benzene rings is 1. The van der Waals surface area contributed by atoms with Crippen LogP contribution in [0.3, 0.4) is 0 Å². The van der Waals surface area contributed by atoms with E-state index in [-0.39, 0.29) is 11.3 Å². The average Bonchev–Trinajstić information content (AvgIpc) is 2.29. The van der Waals surface area contributed by atoms with Gasteiger partial charge in [0.25, 0.3) is 0 Å². The maximum atomic E-state index is 11.9. The van der Waals surface area contributed by atoms with Gasteiger partial charge in [-0.15, -0.1) is 0 Å². The molecule has 0 saturated carbocycles. The summed E-state index contributed by atoms with van der Waals surface area (Å²) in [6, 6.07) is 6.04. The topological polar surface area (TPSA) is 20.3 Å². The summed E-state index contributed by atoms with van der Waals surface area (Å²) in [5.41, 5.74) is 2.13. The summed E-state index contributed by atoms with van der Waals surface area (Å²) < 4.78 is 0. The molecule has 0 aliphatic carbocycles. The predicted octanol–water partition coefficient (Wildman–Crippen LogP) is 4.15.